The highest BCUT2D eigenvalue weighted by Gasteiger charge is 2.43. The van der Waals surface area contributed by atoms with Crippen molar-refractivity contribution in [3.63, 3.8) is 0 Å². The van der Waals surface area contributed by atoms with Crippen LogP contribution in [0.3, 0.4) is 0 Å². The Hall–Kier alpha value is -3.06. The fraction of sp³-hybridized carbons (Fsp3) is 0.211. The molecule has 0 fully saturated rings. The molecule has 0 radical (unpaired) electrons. The molecule has 1 aliphatic rings. The Balaban J connectivity index is 1.93. The first kappa shape index (κ1) is 19.7. The molecule has 1 heterocycles. The SMILES string of the molecule is [NH3+]CC#CCOc1ccc(N2C(CC(=O)NO)c3ccccc3S2(=O)=O)cc1. The number of hydrogen-bond donors (Lipinski definition) is 3. The minimum atomic E-state index is -3.84. The van der Waals surface area contributed by atoms with Crippen LogP contribution in [0.1, 0.15) is 18.0 Å². The molecular weight excluding hydrogens is 382 g/mol. The molecule has 0 bridgehead atoms. The summed E-state index contributed by atoms with van der Waals surface area (Å²) in [6, 6.07) is 12.3. The number of fused-ring (bicyclic) bond motifs is 1. The summed E-state index contributed by atoms with van der Waals surface area (Å²) in [6.07, 6.45) is -0.217. The average molecular weight is 402 g/mol. The molecular formula is C19H20N3O5S+. The lowest BCUT2D eigenvalue weighted by Gasteiger charge is -2.25. The van der Waals surface area contributed by atoms with E-state index in [0.717, 1.165) is 0 Å². The molecule has 146 valence electrons. The molecule has 3 rings (SSSR count). The van der Waals surface area contributed by atoms with Crippen LogP contribution >= 0.6 is 0 Å². The highest BCUT2D eigenvalue weighted by molar-refractivity contribution is 7.93. The van der Waals surface area contributed by atoms with Gasteiger partial charge in [0.15, 0.2) is 0 Å². The lowest BCUT2D eigenvalue weighted by Crippen LogP contribution is -2.49. The summed E-state index contributed by atoms with van der Waals surface area (Å²) in [5.74, 6) is 5.46. The highest BCUT2D eigenvalue weighted by Crippen LogP contribution is 2.44. The zero-order valence-electron chi connectivity index (χ0n) is 15.0. The van der Waals surface area contributed by atoms with Crippen LogP contribution < -0.4 is 20.3 Å². The molecule has 1 amide bonds. The van der Waals surface area contributed by atoms with Crippen molar-refractivity contribution >= 4 is 21.6 Å². The van der Waals surface area contributed by atoms with E-state index < -0.39 is 22.0 Å². The van der Waals surface area contributed by atoms with Crippen molar-refractivity contribution in [2.75, 3.05) is 17.5 Å². The van der Waals surface area contributed by atoms with Gasteiger partial charge in [-0.3, -0.25) is 14.3 Å². The van der Waals surface area contributed by atoms with Crippen LogP contribution in [0.5, 0.6) is 5.75 Å². The monoisotopic (exact) mass is 402 g/mol. The van der Waals surface area contributed by atoms with E-state index in [-0.39, 0.29) is 17.9 Å². The Morgan fingerprint density at radius 3 is 2.57 bits per heavy atom. The summed E-state index contributed by atoms with van der Waals surface area (Å²) in [4.78, 5) is 11.9. The number of sulfonamides is 1. The van der Waals surface area contributed by atoms with Crippen molar-refractivity contribution in [2.24, 2.45) is 0 Å². The van der Waals surface area contributed by atoms with E-state index in [4.69, 9.17) is 9.94 Å². The number of carbonyl (C=O) groups is 1. The van der Waals surface area contributed by atoms with Crippen molar-refractivity contribution in [1.82, 2.24) is 5.48 Å². The summed E-state index contributed by atoms with van der Waals surface area (Å²) in [5, 5.41) is 8.89. The molecule has 1 aliphatic heterocycles. The number of benzene rings is 2. The minimum Gasteiger partial charge on any atom is -0.481 e. The van der Waals surface area contributed by atoms with E-state index in [9.17, 15) is 13.2 Å². The summed E-state index contributed by atoms with van der Waals surface area (Å²) in [6.45, 7) is 0.708. The van der Waals surface area contributed by atoms with Crippen LogP contribution in [0.15, 0.2) is 53.4 Å². The standard InChI is InChI=1S/C19H19N3O5S/c20-11-3-4-12-27-15-9-7-14(8-10-15)22-17(13-19(23)21-24)16-5-1-2-6-18(16)28(22,25)26/h1-2,5-10,17,24H,11-13,20H2,(H,21,23)/p+1. The molecule has 0 spiro atoms. The van der Waals surface area contributed by atoms with Crippen molar-refractivity contribution in [1.29, 1.82) is 0 Å². The number of anilines is 1. The maximum Gasteiger partial charge on any atom is 0.265 e. The number of carbonyl (C=O) groups excluding carboxylic acids is 1. The smallest absolute Gasteiger partial charge is 0.265 e. The van der Waals surface area contributed by atoms with Crippen molar-refractivity contribution in [3.05, 3.63) is 54.1 Å². The van der Waals surface area contributed by atoms with Crippen LogP contribution in [-0.2, 0) is 14.8 Å². The largest absolute Gasteiger partial charge is 0.481 e. The van der Waals surface area contributed by atoms with E-state index in [2.05, 4.69) is 17.6 Å². The van der Waals surface area contributed by atoms with E-state index in [0.29, 0.717) is 23.5 Å². The van der Waals surface area contributed by atoms with Crippen molar-refractivity contribution in [3.8, 4) is 17.6 Å². The number of quaternary nitrogens is 1. The number of nitrogens with one attached hydrogen (secondary N) is 1. The molecule has 0 aromatic heterocycles. The Labute approximate surface area is 162 Å². The summed E-state index contributed by atoms with van der Waals surface area (Å²) in [7, 11) is -3.84. The van der Waals surface area contributed by atoms with Gasteiger partial charge in [0.1, 0.15) is 18.9 Å². The third-order valence-electron chi connectivity index (χ3n) is 4.25. The topological polar surface area (TPSA) is 124 Å². The molecule has 28 heavy (non-hydrogen) atoms. The molecule has 0 saturated heterocycles. The molecule has 9 heteroatoms. The van der Waals surface area contributed by atoms with Gasteiger partial charge in [-0.2, -0.15) is 0 Å². The third kappa shape index (κ3) is 3.80. The lowest BCUT2D eigenvalue weighted by molar-refractivity contribution is -0.349. The molecule has 0 saturated carbocycles. The van der Waals surface area contributed by atoms with Gasteiger partial charge in [-0.25, -0.2) is 13.9 Å². The second kappa shape index (κ2) is 8.31. The molecule has 8 nitrogen and oxygen atoms in total. The zero-order valence-corrected chi connectivity index (χ0v) is 15.8. The predicted molar refractivity (Wildman–Crippen MR) is 101 cm³/mol. The number of nitrogens with zero attached hydrogens (tertiary/aromatic N) is 1. The van der Waals surface area contributed by atoms with Gasteiger partial charge in [-0.1, -0.05) is 24.1 Å². The lowest BCUT2D eigenvalue weighted by atomic mass is 10.0. The highest BCUT2D eigenvalue weighted by atomic mass is 32.2. The summed E-state index contributed by atoms with van der Waals surface area (Å²) >= 11 is 0. The van der Waals surface area contributed by atoms with Gasteiger partial charge in [0.2, 0.25) is 5.91 Å². The van der Waals surface area contributed by atoms with Gasteiger partial charge in [0, 0.05) is 0 Å². The molecule has 1 unspecified atom stereocenters. The maximum atomic E-state index is 13.1. The van der Waals surface area contributed by atoms with Crippen LogP contribution in [0, 0.1) is 11.8 Å². The van der Waals surface area contributed by atoms with Crippen molar-refractivity contribution < 1.29 is 28.9 Å². The van der Waals surface area contributed by atoms with Crippen molar-refractivity contribution in [2.45, 2.75) is 17.4 Å². The zero-order chi connectivity index (χ0) is 20.1. The minimum absolute atomic E-state index is 0.148. The normalized spacial score (nSPS) is 16.6. The molecule has 2 aromatic carbocycles. The number of hydrogen-bond acceptors (Lipinski definition) is 5. The van der Waals surface area contributed by atoms with Crippen LogP contribution in [-0.4, -0.2) is 32.7 Å². The van der Waals surface area contributed by atoms with Gasteiger partial charge in [0.25, 0.3) is 10.0 Å². The van der Waals surface area contributed by atoms with Gasteiger partial charge >= 0.3 is 0 Å². The Kier molecular flexibility index (Phi) is 5.84. The van der Waals surface area contributed by atoms with E-state index >= 15 is 0 Å². The Morgan fingerprint density at radius 1 is 1.18 bits per heavy atom. The second-order valence-electron chi connectivity index (χ2n) is 5.98. The van der Waals surface area contributed by atoms with Crippen LogP contribution in [0.4, 0.5) is 5.69 Å². The Bertz CT molecular complexity index is 1030. The molecule has 1 atom stereocenters. The molecule has 5 N–H and O–H groups in total. The second-order valence-corrected chi connectivity index (χ2v) is 7.76. The van der Waals surface area contributed by atoms with Gasteiger partial charge in [-0.05, 0) is 41.8 Å². The fourth-order valence-corrected chi connectivity index (χ4v) is 4.96. The predicted octanol–water partition coefficient (Wildman–Crippen LogP) is 0.456. The summed E-state index contributed by atoms with van der Waals surface area (Å²) in [5.41, 5.74) is 6.08. The van der Waals surface area contributed by atoms with E-state index in [1.807, 2.05) is 0 Å². The third-order valence-corrected chi connectivity index (χ3v) is 6.16. The van der Waals surface area contributed by atoms with Crippen LogP contribution in [0.2, 0.25) is 0 Å². The molecule has 0 aliphatic carbocycles. The average Bonchev–Trinajstić information content (AvgIpc) is 2.93. The van der Waals surface area contributed by atoms with E-state index in [1.54, 1.807) is 47.9 Å². The first-order valence-electron chi connectivity index (χ1n) is 8.53. The number of amides is 1. The first-order valence-corrected chi connectivity index (χ1v) is 9.97. The Morgan fingerprint density at radius 2 is 1.89 bits per heavy atom. The van der Waals surface area contributed by atoms with E-state index in [1.165, 1.54) is 10.4 Å². The quantitative estimate of drug-likeness (QED) is 0.381. The van der Waals surface area contributed by atoms with Crippen LogP contribution in [0.25, 0.3) is 0 Å². The number of hydroxylamine groups is 1. The van der Waals surface area contributed by atoms with Gasteiger partial charge in [0.05, 0.1) is 23.0 Å². The molecule has 2 aromatic rings. The maximum absolute atomic E-state index is 13.1. The van der Waals surface area contributed by atoms with Gasteiger partial charge in [-0.15, -0.1) is 0 Å². The number of rotatable bonds is 5. The van der Waals surface area contributed by atoms with Gasteiger partial charge < -0.3 is 10.5 Å². The number of ether oxygens (including phenoxy) is 1. The summed E-state index contributed by atoms with van der Waals surface area (Å²) < 4.78 is 32.8. The first-order chi connectivity index (χ1) is 13.5. The fourth-order valence-electron chi connectivity index (χ4n) is 3.07.